The van der Waals surface area contributed by atoms with E-state index in [0.29, 0.717) is 0 Å². The van der Waals surface area contributed by atoms with Crippen LogP contribution in [-0.4, -0.2) is 0 Å². The Hall–Kier alpha value is -3.58. The van der Waals surface area contributed by atoms with Crippen LogP contribution in [0.15, 0.2) is 121 Å². The normalized spacial score (nSPS) is 13.8. The minimum Gasteiger partial charge on any atom is -0.310 e. The first-order valence-electron chi connectivity index (χ1n) is 10.1. The Balaban J connectivity index is 1.75. The van der Waals surface area contributed by atoms with Gasteiger partial charge in [0.05, 0.1) is 5.69 Å². The summed E-state index contributed by atoms with van der Waals surface area (Å²) >= 11 is 0. The zero-order valence-corrected chi connectivity index (χ0v) is 16.5. The summed E-state index contributed by atoms with van der Waals surface area (Å²) in [4.78, 5) is 2.39. The van der Waals surface area contributed by atoms with Crippen molar-refractivity contribution in [2.24, 2.45) is 0 Å². The standard InChI is InChI=1S/C28H23N/c1-21-8-6-13-25(18-16-21)29(26-19-17-22-9-2-3-11-24(22)20-26)28-15-7-12-23-10-4-5-14-27(23)28/h2-15,17-20H,16H2,1H3. The number of anilines is 2. The van der Waals surface area contributed by atoms with Gasteiger partial charge in [-0.05, 0) is 53.8 Å². The number of hydrogen-bond acceptors (Lipinski definition) is 1. The van der Waals surface area contributed by atoms with E-state index in [1.165, 1.54) is 44.2 Å². The first-order valence-corrected chi connectivity index (χ1v) is 10.1. The number of benzene rings is 4. The molecule has 0 saturated heterocycles. The molecule has 0 spiro atoms. The molecule has 5 rings (SSSR count). The number of allylic oxidation sites excluding steroid dienone is 5. The average Bonchev–Trinajstić information content (AvgIpc) is 2.98. The van der Waals surface area contributed by atoms with Crippen LogP contribution in [0.3, 0.4) is 0 Å². The third-order valence-corrected chi connectivity index (χ3v) is 5.54. The lowest BCUT2D eigenvalue weighted by atomic mass is 10.0. The number of rotatable bonds is 3. The van der Waals surface area contributed by atoms with E-state index in [2.05, 4.69) is 121 Å². The molecule has 0 amide bonds. The Morgan fingerprint density at radius 2 is 1.48 bits per heavy atom. The van der Waals surface area contributed by atoms with Crippen LogP contribution in [0.4, 0.5) is 11.4 Å². The fraction of sp³-hybridized carbons (Fsp3) is 0.0714. The van der Waals surface area contributed by atoms with Crippen LogP contribution in [0.2, 0.25) is 0 Å². The summed E-state index contributed by atoms with van der Waals surface area (Å²) in [6.07, 6.45) is 9.86. The van der Waals surface area contributed by atoms with Crippen LogP contribution in [0.25, 0.3) is 21.5 Å². The molecule has 4 aromatic carbocycles. The molecular weight excluding hydrogens is 350 g/mol. The number of hydrogen-bond donors (Lipinski definition) is 0. The highest BCUT2D eigenvalue weighted by atomic mass is 15.1. The largest absolute Gasteiger partial charge is 0.310 e. The first kappa shape index (κ1) is 17.5. The van der Waals surface area contributed by atoms with Crippen molar-refractivity contribution in [2.75, 3.05) is 4.90 Å². The summed E-state index contributed by atoms with van der Waals surface area (Å²) in [5.41, 5.74) is 4.95. The highest BCUT2D eigenvalue weighted by Crippen LogP contribution is 2.37. The van der Waals surface area contributed by atoms with E-state index in [4.69, 9.17) is 0 Å². The summed E-state index contributed by atoms with van der Waals surface area (Å²) in [6.45, 7) is 2.18. The van der Waals surface area contributed by atoms with Gasteiger partial charge in [-0.25, -0.2) is 0 Å². The lowest BCUT2D eigenvalue weighted by Gasteiger charge is -2.28. The first-order chi connectivity index (χ1) is 14.3. The second-order valence-corrected chi connectivity index (χ2v) is 7.57. The SMILES string of the molecule is CC1=CC=CC(N(c2ccc3ccccc3c2)c2cccc3ccccc23)=CC1. The van der Waals surface area contributed by atoms with E-state index >= 15 is 0 Å². The third kappa shape index (κ3) is 3.36. The second kappa shape index (κ2) is 7.44. The molecule has 0 radical (unpaired) electrons. The zero-order chi connectivity index (χ0) is 19.6. The number of nitrogens with zero attached hydrogens (tertiary/aromatic N) is 1. The molecule has 0 fully saturated rings. The summed E-state index contributed by atoms with van der Waals surface area (Å²) < 4.78 is 0. The molecule has 0 aromatic heterocycles. The van der Waals surface area contributed by atoms with Crippen LogP contribution < -0.4 is 4.90 Å². The van der Waals surface area contributed by atoms with Gasteiger partial charge in [0.25, 0.3) is 0 Å². The molecule has 29 heavy (non-hydrogen) atoms. The van der Waals surface area contributed by atoms with Crippen molar-refractivity contribution in [3.8, 4) is 0 Å². The van der Waals surface area contributed by atoms with Gasteiger partial charge in [-0.3, -0.25) is 0 Å². The zero-order valence-electron chi connectivity index (χ0n) is 16.5. The summed E-state index contributed by atoms with van der Waals surface area (Å²) in [6, 6.07) is 30.4. The Labute approximate surface area is 171 Å². The maximum atomic E-state index is 2.39. The van der Waals surface area contributed by atoms with E-state index in [1.807, 2.05) is 0 Å². The minimum absolute atomic E-state index is 0.956. The molecule has 140 valence electrons. The third-order valence-electron chi connectivity index (χ3n) is 5.54. The van der Waals surface area contributed by atoms with Gasteiger partial charge in [-0.15, -0.1) is 0 Å². The van der Waals surface area contributed by atoms with Crippen molar-refractivity contribution < 1.29 is 0 Å². The van der Waals surface area contributed by atoms with E-state index < -0.39 is 0 Å². The molecule has 0 N–H and O–H groups in total. The van der Waals surface area contributed by atoms with Gasteiger partial charge in [0.1, 0.15) is 0 Å². The lowest BCUT2D eigenvalue weighted by Crippen LogP contribution is -2.15. The fourth-order valence-corrected chi connectivity index (χ4v) is 4.02. The van der Waals surface area contributed by atoms with Crippen LogP contribution in [0.1, 0.15) is 13.3 Å². The smallest absolute Gasteiger partial charge is 0.0539 e. The topological polar surface area (TPSA) is 3.24 Å². The van der Waals surface area contributed by atoms with Crippen LogP contribution in [0.5, 0.6) is 0 Å². The van der Waals surface area contributed by atoms with Gasteiger partial charge in [0.2, 0.25) is 0 Å². The molecular formula is C28H23N. The van der Waals surface area contributed by atoms with Crippen molar-refractivity contribution in [3.05, 3.63) is 121 Å². The molecule has 1 aliphatic rings. The summed E-state index contributed by atoms with van der Waals surface area (Å²) in [5, 5.41) is 5.02. The molecule has 4 aromatic rings. The van der Waals surface area contributed by atoms with Gasteiger partial charge in [-0.2, -0.15) is 0 Å². The van der Waals surface area contributed by atoms with Crippen LogP contribution in [-0.2, 0) is 0 Å². The van der Waals surface area contributed by atoms with Crippen molar-refractivity contribution in [1.82, 2.24) is 0 Å². The number of fused-ring (bicyclic) bond motifs is 2. The van der Waals surface area contributed by atoms with Gasteiger partial charge < -0.3 is 4.90 Å². The van der Waals surface area contributed by atoms with Crippen molar-refractivity contribution in [3.63, 3.8) is 0 Å². The van der Waals surface area contributed by atoms with E-state index in [0.717, 1.165) is 6.42 Å². The van der Waals surface area contributed by atoms with E-state index in [1.54, 1.807) is 0 Å². The molecule has 0 aliphatic heterocycles. The molecule has 1 nitrogen and oxygen atoms in total. The van der Waals surface area contributed by atoms with Crippen molar-refractivity contribution >= 4 is 32.9 Å². The Kier molecular flexibility index (Phi) is 4.50. The highest BCUT2D eigenvalue weighted by molar-refractivity contribution is 5.98. The maximum absolute atomic E-state index is 2.39. The monoisotopic (exact) mass is 373 g/mol. The van der Waals surface area contributed by atoms with E-state index in [-0.39, 0.29) is 0 Å². The van der Waals surface area contributed by atoms with E-state index in [9.17, 15) is 0 Å². The summed E-state index contributed by atoms with van der Waals surface area (Å²) in [7, 11) is 0. The molecule has 0 heterocycles. The molecule has 1 heteroatoms. The predicted octanol–water partition coefficient (Wildman–Crippen LogP) is 7.92. The Morgan fingerprint density at radius 1 is 0.724 bits per heavy atom. The lowest BCUT2D eigenvalue weighted by molar-refractivity contribution is 1.16. The van der Waals surface area contributed by atoms with Crippen LogP contribution >= 0.6 is 0 Å². The fourth-order valence-electron chi connectivity index (χ4n) is 4.02. The van der Waals surface area contributed by atoms with Gasteiger partial charge in [0.15, 0.2) is 0 Å². The molecule has 0 atom stereocenters. The van der Waals surface area contributed by atoms with Crippen molar-refractivity contribution in [1.29, 1.82) is 0 Å². The van der Waals surface area contributed by atoms with Crippen LogP contribution in [0, 0.1) is 0 Å². The van der Waals surface area contributed by atoms with Gasteiger partial charge in [-0.1, -0.05) is 90.5 Å². The minimum atomic E-state index is 0.956. The highest BCUT2D eigenvalue weighted by Gasteiger charge is 2.16. The van der Waals surface area contributed by atoms with Crippen molar-refractivity contribution in [2.45, 2.75) is 13.3 Å². The molecule has 0 unspecified atom stereocenters. The summed E-state index contributed by atoms with van der Waals surface area (Å²) in [5.74, 6) is 0. The molecule has 0 saturated carbocycles. The Bertz CT molecular complexity index is 1280. The Morgan fingerprint density at radius 3 is 2.38 bits per heavy atom. The van der Waals surface area contributed by atoms with Gasteiger partial charge in [0, 0.05) is 16.8 Å². The molecule has 0 bridgehead atoms. The maximum Gasteiger partial charge on any atom is 0.0539 e. The average molecular weight is 373 g/mol. The van der Waals surface area contributed by atoms with Gasteiger partial charge >= 0.3 is 0 Å². The quantitative estimate of drug-likeness (QED) is 0.352. The predicted molar refractivity (Wildman–Crippen MR) is 126 cm³/mol. The second-order valence-electron chi connectivity index (χ2n) is 7.57. The molecule has 1 aliphatic carbocycles.